The van der Waals surface area contributed by atoms with E-state index in [1.165, 1.54) is 41.3 Å². The lowest BCUT2D eigenvalue weighted by molar-refractivity contribution is -0.0395. The molecule has 1 saturated heterocycles. The topological polar surface area (TPSA) is 68.4 Å². The molecule has 1 aromatic carbocycles. The highest BCUT2D eigenvalue weighted by molar-refractivity contribution is 7.98. The van der Waals surface area contributed by atoms with Crippen molar-refractivity contribution in [2.24, 2.45) is 0 Å². The van der Waals surface area contributed by atoms with Crippen LogP contribution in [0.5, 0.6) is 0 Å². The zero-order chi connectivity index (χ0) is 24.3. The Morgan fingerprint density at radius 1 is 1.06 bits per heavy atom. The quantitative estimate of drug-likeness (QED) is 0.214. The van der Waals surface area contributed by atoms with Gasteiger partial charge in [-0.2, -0.15) is 0 Å². The molecule has 184 valence electrons. The van der Waals surface area contributed by atoms with E-state index in [1.54, 1.807) is 29.4 Å². The Hall–Kier alpha value is -2.75. The van der Waals surface area contributed by atoms with Gasteiger partial charge in [-0.3, -0.25) is 4.40 Å². The molecular weight excluding hydrogens is 488 g/mol. The molecule has 36 heavy (non-hydrogen) atoms. The van der Waals surface area contributed by atoms with Crippen LogP contribution in [-0.2, 0) is 23.5 Å². The SMILES string of the molecule is CC1(C)Cc2c(c(N3CCCCC3)nc3sc4c(nc(SCc5ccccc5)n5cnnc45)c23)CO1. The van der Waals surface area contributed by atoms with Crippen LogP contribution in [0, 0.1) is 0 Å². The van der Waals surface area contributed by atoms with Crippen LogP contribution in [0.25, 0.3) is 26.1 Å². The van der Waals surface area contributed by atoms with Gasteiger partial charge in [0.2, 0.25) is 0 Å². The van der Waals surface area contributed by atoms with Crippen LogP contribution < -0.4 is 4.90 Å². The number of piperidine rings is 1. The molecule has 1 fully saturated rings. The lowest BCUT2D eigenvalue weighted by Gasteiger charge is -2.36. The van der Waals surface area contributed by atoms with Crippen LogP contribution in [0.3, 0.4) is 0 Å². The van der Waals surface area contributed by atoms with Crippen molar-refractivity contribution in [2.75, 3.05) is 18.0 Å². The Bertz CT molecular complexity index is 1590. The standard InChI is InChI=1S/C27H28N6OS2/c1-27(2)13-18-19(14-34-27)23(32-11-7-4-8-12-32)30-25-20(18)21-22(36-25)24-31-28-16-33(24)26(29-21)35-15-17-9-5-3-6-10-17/h3,5-6,9-10,16H,4,7-8,11-15H2,1-2H3. The van der Waals surface area contributed by atoms with Gasteiger partial charge in [-0.15, -0.1) is 21.5 Å². The van der Waals surface area contributed by atoms with E-state index < -0.39 is 0 Å². The molecule has 0 saturated carbocycles. The summed E-state index contributed by atoms with van der Waals surface area (Å²) in [5.74, 6) is 1.95. The number of thioether (sulfide) groups is 1. The van der Waals surface area contributed by atoms with Crippen LogP contribution in [-0.4, -0.2) is 43.3 Å². The van der Waals surface area contributed by atoms with Crippen LogP contribution >= 0.6 is 23.1 Å². The summed E-state index contributed by atoms with van der Waals surface area (Å²) < 4.78 is 9.40. The number of benzene rings is 1. The van der Waals surface area contributed by atoms with E-state index >= 15 is 0 Å². The van der Waals surface area contributed by atoms with E-state index in [0.717, 1.165) is 56.9 Å². The number of fused-ring (bicyclic) bond motifs is 7. The van der Waals surface area contributed by atoms with Gasteiger partial charge in [0.05, 0.1) is 17.7 Å². The van der Waals surface area contributed by atoms with Crippen LogP contribution in [0.15, 0.2) is 41.8 Å². The van der Waals surface area contributed by atoms with Gasteiger partial charge in [0, 0.05) is 36.2 Å². The summed E-state index contributed by atoms with van der Waals surface area (Å²) in [5, 5.41) is 10.9. The highest BCUT2D eigenvalue weighted by Crippen LogP contribution is 2.44. The first kappa shape index (κ1) is 22.4. The number of nitrogens with zero attached hydrogens (tertiary/aromatic N) is 6. The predicted octanol–water partition coefficient (Wildman–Crippen LogP) is 6.02. The first-order valence-corrected chi connectivity index (χ1v) is 14.4. The minimum atomic E-state index is -0.224. The summed E-state index contributed by atoms with van der Waals surface area (Å²) >= 11 is 3.42. The van der Waals surface area contributed by atoms with Gasteiger partial charge in [0.1, 0.15) is 21.7 Å². The van der Waals surface area contributed by atoms with Gasteiger partial charge >= 0.3 is 0 Å². The molecule has 0 unspecified atom stereocenters. The van der Waals surface area contributed by atoms with Crippen molar-refractivity contribution in [1.29, 1.82) is 0 Å². The number of rotatable bonds is 4. The molecule has 0 atom stereocenters. The van der Waals surface area contributed by atoms with Crippen LogP contribution in [0.2, 0.25) is 0 Å². The normalized spacial score (nSPS) is 17.8. The smallest absolute Gasteiger partial charge is 0.182 e. The molecule has 0 aliphatic carbocycles. The third-order valence-corrected chi connectivity index (χ3v) is 9.34. The first-order valence-electron chi connectivity index (χ1n) is 12.6. The van der Waals surface area contributed by atoms with Crippen molar-refractivity contribution in [3.05, 3.63) is 53.3 Å². The molecule has 2 aliphatic heterocycles. The zero-order valence-corrected chi connectivity index (χ0v) is 22.2. The fraction of sp³-hybridized carbons (Fsp3) is 0.407. The van der Waals surface area contributed by atoms with Crippen LogP contribution in [0.4, 0.5) is 5.82 Å². The van der Waals surface area contributed by atoms with Gasteiger partial charge in [-0.05, 0) is 44.2 Å². The average Bonchev–Trinajstić information content (AvgIpc) is 3.52. The molecule has 0 bridgehead atoms. The molecule has 0 spiro atoms. The summed E-state index contributed by atoms with van der Waals surface area (Å²) in [7, 11) is 0. The Morgan fingerprint density at radius 3 is 2.72 bits per heavy atom. The molecule has 7 nitrogen and oxygen atoms in total. The van der Waals surface area contributed by atoms with Gasteiger partial charge in [0.25, 0.3) is 0 Å². The summed E-state index contributed by atoms with van der Waals surface area (Å²) in [5.41, 5.74) is 5.49. The van der Waals surface area contributed by atoms with Crippen LogP contribution in [0.1, 0.15) is 49.8 Å². The number of anilines is 1. The number of hydrogen-bond donors (Lipinski definition) is 0. The fourth-order valence-corrected chi connectivity index (χ4v) is 7.47. The minimum Gasteiger partial charge on any atom is -0.370 e. The summed E-state index contributed by atoms with van der Waals surface area (Å²) in [6, 6.07) is 10.5. The van der Waals surface area contributed by atoms with E-state index in [2.05, 4.69) is 53.2 Å². The van der Waals surface area contributed by atoms with E-state index in [9.17, 15) is 0 Å². The second kappa shape index (κ2) is 8.68. The van der Waals surface area contributed by atoms with Crippen molar-refractivity contribution in [2.45, 2.75) is 62.6 Å². The van der Waals surface area contributed by atoms with Crippen molar-refractivity contribution < 1.29 is 4.74 Å². The van der Waals surface area contributed by atoms with E-state index in [-0.39, 0.29) is 5.60 Å². The monoisotopic (exact) mass is 516 g/mol. The van der Waals surface area contributed by atoms with Gasteiger partial charge in [0.15, 0.2) is 10.8 Å². The maximum atomic E-state index is 6.32. The fourth-order valence-electron chi connectivity index (χ4n) is 5.43. The van der Waals surface area contributed by atoms with Crippen molar-refractivity contribution >= 4 is 55.0 Å². The molecule has 2 aliphatic rings. The lowest BCUT2D eigenvalue weighted by Crippen LogP contribution is -2.36. The molecule has 7 rings (SSSR count). The Kier molecular flexibility index (Phi) is 5.41. The number of pyridine rings is 1. The average molecular weight is 517 g/mol. The molecular formula is C27H28N6OS2. The maximum Gasteiger partial charge on any atom is 0.182 e. The van der Waals surface area contributed by atoms with Gasteiger partial charge < -0.3 is 9.64 Å². The molecule has 5 aromatic rings. The highest BCUT2D eigenvalue weighted by atomic mass is 32.2. The number of hydrogen-bond acceptors (Lipinski definition) is 8. The molecule has 0 N–H and O–H groups in total. The van der Waals surface area contributed by atoms with E-state index in [4.69, 9.17) is 14.7 Å². The molecule has 0 amide bonds. The Balaban J connectivity index is 1.44. The summed E-state index contributed by atoms with van der Waals surface area (Å²) in [6.07, 6.45) is 6.36. The van der Waals surface area contributed by atoms with E-state index in [0.29, 0.717) is 6.61 Å². The van der Waals surface area contributed by atoms with E-state index in [1.807, 2.05) is 10.5 Å². The van der Waals surface area contributed by atoms with Crippen molar-refractivity contribution in [1.82, 2.24) is 24.6 Å². The zero-order valence-electron chi connectivity index (χ0n) is 20.5. The third-order valence-electron chi connectivity index (χ3n) is 7.25. The molecule has 9 heteroatoms. The molecule has 0 radical (unpaired) electrons. The minimum absolute atomic E-state index is 0.224. The summed E-state index contributed by atoms with van der Waals surface area (Å²) in [6.45, 7) is 7.08. The van der Waals surface area contributed by atoms with Gasteiger partial charge in [-0.25, -0.2) is 9.97 Å². The van der Waals surface area contributed by atoms with Gasteiger partial charge in [-0.1, -0.05) is 42.1 Å². The maximum absolute atomic E-state index is 6.32. The van der Waals surface area contributed by atoms with Crippen molar-refractivity contribution in [3.63, 3.8) is 0 Å². The highest BCUT2D eigenvalue weighted by Gasteiger charge is 2.33. The first-order chi connectivity index (χ1) is 17.6. The summed E-state index contributed by atoms with van der Waals surface area (Å²) in [4.78, 5) is 14.0. The molecule has 6 heterocycles. The Labute approximate surface area is 217 Å². The molecule has 4 aromatic heterocycles. The lowest BCUT2D eigenvalue weighted by atomic mass is 9.90. The second-order valence-electron chi connectivity index (χ2n) is 10.3. The Morgan fingerprint density at radius 2 is 1.89 bits per heavy atom. The second-order valence-corrected chi connectivity index (χ2v) is 12.3. The number of thiophene rings is 1. The number of ether oxygens (including phenoxy) is 1. The largest absolute Gasteiger partial charge is 0.370 e. The predicted molar refractivity (Wildman–Crippen MR) is 146 cm³/mol. The third kappa shape index (κ3) is 3.76. The number of aromatic nitrogens is 5. The van der Waals surface area contributed by atoms with Crippen molar-refractivity contribution in [3.8, 4) is 0 Å².